The van der Waals surface area contributed by atoms with Gasteiger partial charge in [-0.2, -0.15) is 0 Å². The molecule has 0 fully saturated rings. The first kappa shape index (κ1) is 13.4. The molecule has 0 radical (unpaired) electrons. The lowest BCUT2D eigenvalue weighted by Gasteiger charge is -2.03. The monoisotopic (exact) mass is 239 g/mol. The van der Waals surface area contributed by atoms with Gasteiger partial charge in [0.05, 0.1) is 11.5 Å². The van der Waals surface area contributed by atoms with Crippen molar-refractivity contribution < 1.29 is 16.8 Å². The Labute approximate surface area is 84.9 Å². The molecule has 0 amide bonds. The molecule has 0 aliphatic rings. The number of nitrogens with one attached hydrogen (secondary N) is 1. The molecule has 0 aliphatic carbocycles. The van der Waals surface area contributed by atoms with Gasteiger partial charge in [0.2, 0.25) is 10.0 Å². The van der Waals surface area contributed by atoms with Crippen molar-refractivity contribution in [1.29, 1.82) is 0 Å². The molecule has 0 atom stereocenters. The Balaban J connectivity index is 4.05. The van der Waals surface area contributed by atoms with Crippen LogP contribution in [0.15, 0.2) is 0 Å². The van der Waals surface area contributed by atoms with E-state index in [1.165, 1.54) is 0 Å². The SMILES string of the molecule is C#CCCNS(=O)(=O)CCS(C)(=O)=O. The number of sulfone groups is 1. The Morgan fingerprint density at radius 2 is 1.79 bits per heavy atom. The average Bonchev–Trinajstić information content (AvgIpc) is 2.00. The van der Waals surface area contributed by atoms with Gasteiger partial charge >= 0.3 is 0 Å². The maximum Gasteiger partial charge on any atom is 0.212 e. The molecule has 0 heterocycles. The molecular formula is C7H13NO4S2. The zero-order valence-corrected chi connectivity index (χ0v) is 9.49. The molecule has 0 aromatic carbocycles. The highest BCUT2D eigenvalue weighted by molar-refractivity contribution is 7.93. The molecule has 0 saturated heterocycles. The van der Waals surface area contributed by atoms with E-state index < -0.39 is 25.6 Å². The van der Waals surface area contributed by atoms with E-state index in [1.54, 1.807) is 0 Å². The summed E-state index contributed by atoms with van der Waals surface area (Å²) in [5.74, 6) is 1.47. The summed E-state index contributed by atoms with van der Waals surface area (Å²) in [5.41, 5.74) is 0. The van der Waals surface area contributed by atoms with E-state index in [2.05, 4.69) is 10.6 Å². The number of rotatable bonds is 6. The predicted octanol–water partition coefficient (Wildman–Crippen LogP) is -1.03. The van der Waals surface area contributed by atoms with Crippen molar-refractivity contribution in [3.63, 3.8) is 0 Å². The fraction of sp³-hybridized carbons (Fsp3) is 0.714. The summed E-state index contributed by atoms with van der Waals surface area (Å²) < 4.78 is 45.8. The van der Waals surface area contributed by atoms with E-state index in [4.69, 9.17) is 6.42 Å². The molecule has 0 aromatic heterocycles. The first-order valence-electron chi connectivity index (χ1n) is 3.85. The predicted molar refractivity (Wildman–Crippen MR) is 55.0 cm³/mol. The molecule has 0 bridgehead atoms. The topological polar surface area (TPSA) is 80.3 Å². The first-order chi connectivity index (χ1) is 6.27. The lowest BCUT2D eigenvalue weighted by molar-refractivity contribution is 0.579. The standard InChI is InChI=1S/C7H13NO4S2/c1-3-4-5-8-14(11,12)7-6-13(2,9)10/h1,8H,4-7H2,2H3. The van der Waals surface area contributed by atoms with Crippen LogP contribution in [0.5, 0.6) is 0 Å². The van der Waals surface area contributed by atoms with Crippen LogP contribution < -0.4 is 4.72 Å². The lowest BCUT2D eigenvalue weighted by atomic mass is 10.5. The highest BCUT2D eigenvalue weighted by Crippen LogP contribution is 1.89. The molecular weight excluding hydrogens is 226 g/mol. The maximum absolute atomic E-state index is 11.1. The number of terminal acetylenes is 1. The fourth-order valence-corrected chi connectivity index (χ4v) is 3.26. The normalized spacial score (nSPS) is 12.3. The minimum Gasteiger partial charge on any atom is -0.229 e. The minimum atomic E-state index is -3.51. The molecule has 14 heavy (non-hydrogen) atoms. The Kier molecular flexibility index (Phi) is 5.12. The van der Waals surface area contributed by atoms with Gasteiger partial charge in [0, 0.05) is 19.2 Å². The molecule has 0 saturated carbocycles. The largest absolute Gasteiger partial charge is 0.229 e. The summed E-state index contributed by atoms with van der Waals surface area (Å²) in [4.78, 5) is 0. The van der Waals surface area contributed by atoms with Crippen LogP contribution in [0.2, 0.25) is 0 Å². The first-order valence-corrected chi connectivity index (χ1v) is 7.56. The highest BCUT2D eigenvalue weighted by Gasteiger charge is 2.13. The summed E-state index contributed by atoms with van der Waals surface area (Å²) in [7, 11) is -6.76. The number of hydrogen-bond donors (Lipinski definition) is 1. The molecule has 0 aliphatic heterocycles. The van der Waals surface area contributed by atoms with E-state index in [0.29, 0.717) is 0 Å². The fourth-order valence-electron chi connectivity index (χ4n) is 0.612. The molecule has 0 aromatic rings. The third-order valence-corrected chi connectivity index (χ3v) is 3.90. The van der Waals surface area contributed by atoms with Gasteiger partial charge < -0.3 is 0 Å². The second-order valence-corrected chi connectivity index (χ2v) is 6.98. The van der Waals surface area contributed by atoms with Crippen molar-refractivity contribution in [1.82, 2.24) is 4.72 Å². The Bertz CT molecular complexity index is 401. The van der Waals surface area contributed by atoms with Crippen molar-refractivity contribution in [2.24, 2.45) is 0 Å². The molecule has 5 nitrogen and oxygen atoms in total. The van der Waals surface area contributed by atoms with Crippen LogP contribution in [0, 0.1) is 12.3 Å². The summed E-state index contributed by atoms with van der Waals surface area (Å²) in [6.07, 6.45) is 6.20. The molecule has 0 spiro atoms. The second-order valence-electron chi connectivity index (χ2n) is 2.80. The quantitative estimate of drug-likeness (QED) is 0.475. The van der Waals surface area contributed by atoms with Crippen molar-refractivity contribution in [2.45, 2.75) is 6.42 Å². The molecule has 82 valence electrons. The van der Waals surface area contributed by atoms with E-state index in [-0.39, 0.29) is 18.7 Å². The Hall–Kier alpha value is -0.580. The van der Waals surface area contributed by atoms with Crippen LogP contribution in [-0.2, 0) is 19.9 Å². The summed E-state index contributed by atoms with van der Waals surface area (Å²) in [6.45, 7) is 0.141. The Morgan fingerprint density at radius 1 is 1.21 bits per heavy atom. The van der Waals surface area contributed by atoms with Crippen LogP contribution in [0.1, 0.15) is 6.42 Å². The van der Waals surface area contributed by atoms with Gasteiger partial charge in [-0.15, -0.1) is 12.3 Å². The van der Waals surface area contributed by atoms with Gasteiger partial charge in [-0.05, 0) is 0 Å². The zero-order chi connectivity index (χ0) is 11.2. The molecule has 1 N–H and O–H groups in total. The van der Waals surface area contributed by atoms with Crippen molar-refractivity contribution in [2.75, 3.05) is 24.3 Å². The van der Waals surface area contributed by atoms with Gasteiger partial charge in [0.25, 0.3) is 0 Å². The number of sulfonamides is 1. The van der Waals surface area contributed by atoms with Crippen molar-refractivity contribution in [3.8, 4) is 12.3 Å². The van der Waals surface area contributed by atoms with Gasteiger partial charge in [0.1, 0.15) is 9.84 Å². The van der Waals surface area contributed by atoms with Gasteiger partial charge in [-0.1, -0.05) is 0 Å². The lowest BCUT2D eigenvalue weighted by Crippen LogP contribution is -2.30. The summed E-state index contributed by atoms with van der Waals surface area (Å²) in [5, 5.41) is 0. The molecule has 0 rings (SSSR count). The third kappa shape index (κ3) is 8.04. The van der Waals surface area contributed by atoms with Gasteiger partial charge in [0.15, 0.2) is 0 Å². The summed E-state index contributed by atoms with van der Waals surface area (Å²) in [6, 6.07) is 0. The average molecular weight is 239 g/mol. The smallest absolute Gasteiger partial charge is 0.212 e. The zero-order valence-electron chi connectivity index (χ0n) is 7.86. The second kappa shape index (κ2) is 5.34. The van der Waals surface area contributed by atoms with Gasteiger partial charge in [-0.25, -0.2) is 21.6 Å². The van der Waals surface area contributed by atoms with Crippen LogP contribution in [0.25, 0.3) is 0 Å². The van der Waals surface area contributed by atoms with Crippen molar-refractivity contribution >= 4 is 19.9 Å². The van der Waals surface area contributed by atoms with Gasteiger partial charge in [-0.3, -0.25) is 0 Å². The third-order valence-electron chi connectivity index (χ3n) is 1.31. The Morgan fingerprint density at radius 3 is 2.21 bits per heavy atom. The number of hydrogen-bond acceptors (Lipinski definition) is 4. The van der Waals surface area contributed by atoms with E-state index in [9.17, 15) is 16.8 Å². The highest BCUT2D eigenvalue weighted by atomic mass is 32.2. The van der Waals surface area contributed by atoms with E-state index in [1.807, 2.05) is 0 Å². The van der Waals surface area contributed by atoms with Crippen LogP contribution in [-0.4, -0.2) is 41.1 Å². The van der Waals surface area contributed by atoms with Crippen LogP contribution in [0.4, 0.5) is 0 Å². The van der Waals surface area contributed by atoms with Crippen LogP contribution >= 0.6 is 0 Å². The van der Waals surface area contributed by atoms with Crippen LogP contribution in [0.3, 0.4) is 0 Å². The van der Waals surface area contributed by atoms with E-state index in [0.717, 1.165) is 6.26 Å². The summed E-state index contributed by atoms with van der Waals surface area (Å²) >= 11 is 0. The molecule has 0 unspecified atom stereocenters. The van der Waals surface area contributed by atoms with E-state index >= 15 is 0 Å². The molecule has 7 heteroatoms. The maximum atomic E-state index is 11.1. The minimum absolute atomic E-state index is 0.141. The van der Waals surface area contributed by atoms with Crippen molar-refractivity contribution in [3.05, 3.63) is 0 Å².